The predicted molar refractivity (Wildman–Crippen MR) is 80.2 cm³/mol. The first-order valence-corrected chi connectivity index (χ1v) is 8.14. The lowest BCUT2D eigenvalue weighted by Crippen LogP contribution is -2.04. The summed E-state index contributed by atoms with van der Waals surface area (Å²) in [5, 5.41) is 3.01. The smallest absolute Gasteiger partial charge is 0.226 e. The maximum atomic E-state index is 11.4. The molecule has 1 aromatic heterocycles. The number of anilines is 2. The van der Waals surface area contributed by atoms with Crippen LogP contribution < -0.4 is 15.8 Å². The highest BCUT2D eigenvalue weighted by atomic mass is 32.2. The van der Waals surface area contributed by atoms with E-state index in [9.17, 15) is 8.42 Å². The van der Waals surface area contributed by atoms with Crippen LogP contribution in [0, 0.1) is 0 Å². The zero-order valence-corrected chi connectivity index (χ0v) is 12.5. The van der Waals surface area contributed by atoms with Crippen LogP contribution in [-0.2, 0) is 9.84 Å². The Labute approximate surface area is 123 Å². The molecule has 0 amide bonds. The van der Waals surface area contributed by atoms with Crippen LogP contribution in [0.1, 0.15) is 6.92 Å². The molecule has 112 valence electrons. The van der Waals surface area contributed by atoms with Gasteiger partial charge in [0.25, 0.3) is 0 Å². The van der Waals surface area contributed by atoms with Gasteiger partial charge in [0, 0.05) is 18.9 Å². The number of hydrogen-bond acceptors (Lipinski definition) is 7. The average Bonchev–Trinajstić information content (AvgIpc) is 2.38. The van der Waals surface area contributed by atoms with Crippen LogP contribution in [0.15, 0.2) is 35.2 Å². The molecule has 0 radical (unpaired) electrons. The molecule has 0 saturated carbocycles. The minimum Gasteiger partial charge on any atom is -0.439 e. The van der Waals surface area contributed by atoms with Gasteiger partial charge in [-0.15, -0.1) is 0 Å². The van der Waals surface area contributed by atoms with Gasteiger partial charge in [0.15, 0.2) is 9.84 Å². The Balaban J connectivity index is 2.22. The molecular formula is C13H16N4O3S. The number of nitrogen functional groups attached to an aromatic ring is 1. The van der Waals surface area contributed by atoms with E-state index in [0.29, 0.717) is 18.1 Å². The van der Waals surface area contributed by atoms with E-state index in [1.807, 2.05) is 6.92 Å². The first-order chi connectivity index (χ1) is 9.88. The van der Waals surface area contributed by atoms with Crippen molar-refractivity contribution in [2.24, 2.45) is 0 Å². The lowest BCUT2D eigenvalue weighted by atomic mass is 10.3. The van der Waals surface area contributed by atoms with Crippen molar-refractivity contribution in [2.75, 3.05) is 23.9 Å². The number of hydrogen-bond donors (Lipinski definition) is 2. The minimum atomic E-state index is -3.22. The molecule has 0 atom stereocenters. The third-order valence-electron chi connectivity index (χ3n) is 2.55. The summed E-state index contributed by atoms with van der Waals surface area (Å²) in [4.78, 5) is 8.20. The van der Waals surface area contributed by atoms with Crippen LogP contribution in [0.4, 0.5) is 11.8 Å². The molecule has 0 unspecified atom stereocenters. The van der Waals surface area contributed by atoms with Crippen molar-refractivity contribution in [3.05, 3.63) is 30.3 Å². The van der Waals surface area contributed by atoms with Crippen molar-refractivity contribution in [2.45, 2.75) is 11.8 Å². The van der Waals surface area contributed by atoms with Crippen molar-refractivity contribution in [1.29, 1.82) is 0 Å². The van der Waals surface area contributed by atoms with Gasteiger partial charge in [0.05, 0.1) is 4.90 Å². The summed E-state index contributed by atoms with van der Waals surface area (Å²) in [5.74, 6) is 1.40. The fourth-order valence-electron chi connectivity index (χ4n) is 1.64. The quantitative estimate of drug-likeness (QED) is 0.865. The van der Waals surface area contributed by atoms with E-state index in [-0.39, 0.29) is 16.7 Å². The Hall–Kier alpha value is -2.35. The molecule has 3 N–H and O–H groups in total. The molecule has 1 aromatic carbocycles. The Bertz CT molecular complexity index is 730. The first-order valence-electron chi connectivity index (χ1n) is 6.25. The summed E-state index contributed by atoms with van der Waals surface area (Å²) >= 11 is 0. The molecule has 2 aromatic rings. The van der Waals surface area contributed by atoms with Crippen LogP contribution in [0.25, 0.3) is 0 Å². The van der Waals surface area contributed by atoms with Gasteiger partial charge in [-0.2, -0.15) is 9.97 Å². The molecule has 0 bridgehead atoms. The molecule has 1 heterocycles. The monoisotopic (exact) mass is 308 g/mol. The molecule has 0 spiro atoms. The maximum absolute atomic E-state index is 11.4. The lowest BCUT2D eigenvalue weighted by Gasteiger charge is -2.08. The molecule has 21 heavy (non-hydrogen) atoms. The molecule has 7 nitrogen and oxygen atoms in total. The van der Waals surface area contributed by atoms with Crippen molar-refractivity contribution < 1.29 is 13.2 Å². The summed E-state index contributed by atoms with van der Waals surface area (Å²) < 4.78 is 28.3. The van der Waals surface area contributed by atoms with Crippen LogP contribution >= 0.6 is 0 Å². The highest BCUT2D eigenvalue weighted by molar-refractivity contribution is 7.90. The van der Waals surface area contributed by atoms with Gasteiger partial charge in [-0.05, 0) is 31.2 Å². The molecule has 0 aliphatic carbocycles. The zero-order valence-electron chi connectivity index (χ0n) is 11.7. The highest BCUT2D eigenvalue weighted by Gasteiger charge is 2.08. The summed E-state index contributed by atoms with van der Waals surface area (Å²) in [7, 11) is -3.22. The van der Waals surface area contributed by atoms with Gasteiger partial charge >= 0.3 is 0 Å². The molecule has 0 fully saturated rings. The minimum absolute atomic E-state index is 0.0937. The number of aromatic nitrogens is 2. The van der Waals surface area contributed by atoms with E-state index >= 15 is 0 Å². The van der Waals surface area contributed by atoms with Gasteiger partial charge in [0.1, 0.15) is 11.6 Å². The van der Waals surface area contributed by atoms with Crippen molar-refractivity contribution >= 4 is 21.6 Å². The number of rotatable bonds is 5. The van der Waals surface area contributed by atoms with Crippen LogP contribution in [0.3, 0.4) is 0 Å². The Morgan fingerprint density at radius 1 is 1.24 bits per heavy atom. The molecule has 0 aliphatic rings. The van der Waals surface area contributed by atoms with Gasteiger partial charge < -0.3 is 15.8 Å². The van der Waals surface area contributed by atoms with Gasteiger partial charge in [-0.1, -0.05) is 0 Å². The fourth-order valence-corrected chi connectivity index (χ4v) is 2.27. The second-order valence-corrected chi connectivity index (χ2v) is 6.34. The lowest BCUT2D eigenvalue weighted by molar-refractivity contribution is 0.462. The Morgan fingerprint density at radius 3 is 2.48 bits per heavy atom. The van der Waals surface area contributed by atoms with Gasteiger partial charge in [-0.25, -0.2) is 8.42 Å². The van der Waals surface area contributed by atoms with E-state index in [1.54, 1.807) is 18.2 Å². The molecule has 8 heteroatoms. The normalized spacial score (nSPS) is 11.1. The summed E-state index contributed by atoms with van der Waals surface area (Å²) in [6.45, 7) is 2.63. The topological polar surface area (TPSA) is 107 Å². The van der Waals surface area contributed by atoms with Crippen molar-refractivity contribution in [3.63, 3.8) is 0 Å². The second-order valence-electron chi connectivity index (χ2n) is 4.33. The SMILES string of the molecule is CCNc1cc(Oc2ccc(S(C)(=O)=O)cc2)nc(N)n1. The van der Waals surface area contributed by atoms with E-state index in [0.717, 1.165) is 6.26 Å². The van der Waals surface area contributed by atoms with E-state index in [4.69, 9.17) is 10.5 Å². The summed E-state index contributed by atoms with van der Waals surface area (Å²) in [6, 6.07) is 7.67. The van der Waals surface area contributed by atoms with Crippen LogP contribution in [-0.4, -0.2) is 31.2 Å². The van der Waals surface area contributed by atoms with Gasteiger partial charge in [0.2, 0.25) is 11.8 Å². The van der Waals surface area contributed by atoms with Crippen molar-refractivity contribution in [1.82, 2.24) is 9.97 Å². The fraction of sp³-hybridized carbons (Fsp3) is 0.231. The number of ether oxygens (including phenoxy) is 1. The standard InChI is InChI=1S/C13H16N4O3S/c1-3-15-11-8-12(17-13(14)16-11)20-9-4-6-10(7-5-9)21(2,18)19/h4-8H,3H2,1-2H3,(H3,14,15,16,17). The van der Waals surface area contributed by atoms with E-state index in [2.05, 4.69) is 15.3 Å². The molecule has 0 saturated heterocycles. The molecule has 0 aliphatic heterocycles. The first kappa shape index (κ1) is 15.0. The molecular weight excluding hydrogens is 292 g/mol. The summed E-state index contributed by atoms with van der Waals surface area (Å²) in [5.41, 5.74) is 5.60. The Morgan fingerprint density at radius 2 is 1.90 bits per heavy atom. The van der Waals surface area contributed by atoms with Crippen LogP contribution in [0.5, 0.6) is 11.6 Å². The predicted octanol–water partition coefficient (Wildman–Crippen LogP) is 1.69. The number of nitrogens with zero attached hydrogens (tertiary/aromatic N) is 2. The third kappa shape index (κ3) is 4.06. The van der Waals surface area contributed by atoms with E-state index in [1.165, 1.54) is 12.1 Å². The molecule has 2 rings (SSSR count). The number of benzene rings is 1. The number of sulfone groups is 1. The highest BCUT2D eigenvalue weighted by Crippen LogP contribution is 2.23. The number of nitrogens with one attached hydrogen (secondary N) is 1. The zero-order chi connectivity index (χ0) is 15.5. The summed E-state index contributed by atoms with van der Waals surface area (Å²) in [6.07, 6.45) is 1.15. The van der Waals surface area contributed by atoms with Crippen LogP contribution in [0.2, 0.25) is 0 Å². The third-order valence-corrected chi connectivity index (χ3v) is 3.68. The maximum Gasteiger partial charge on any atom is 0.226 e. The second kappa shape index (κ2) is 5.96. The average molecular weight is 308 g/mol. The Kier molecular flexibility index (Phi) is 4.27. The van der Waals surface area contributed by atoms with Gasteiger partial charge in [-0.3, -0.25) is 0 Å². The largest absolute Gasteiger partial charge is 0.439 e. The van der Waals surface area contributed by atoms with Crippen molar-refractivity contribution in [3.8, 4) is 11.6 Å². The number of nitrogens with two attached hydrogens (primary N) is 1. The van der Waals surface area contributed by atoms with E-state index < -0.39 is 9.84 Å².